The molecule has 0 aliphatic rings. The molecule has 0 heterocycles. The summed E-state index contributed by atoms with van der Waals surface area (Å²) in [5, 5.41) is 18.1. The van der Waals surface area contributed by atoms with E-state index in [2.05, 4.69) is 15.9 Å². The lowest BCUT2D eigenvalue weighted by Crippen LogP contribution is -2.03. The van der Waals surface area contributed by atoms with Crippen LogP contribution in [-0.4, -0.2) is 16.2 Å². The van der Waals surface area contributed by atoms with Crippen molar-refractivity contribution >= 4 is 27.6 Å². The van der Waals surface area contributed by atoms with E-state index in [1.54, 1.807) is 6.92 Å². The van der Waals surface area contributed by atoms with Crippen molar-refractivity contribution in [2.45, 2.75) is 6.92 Å². The lowest BCUT2D eigenvalue weighted by Gasteiger charge is -2.08. The topological polar surface area (TPSA) is 83.5 Å². The van der Waals surface area contributed by atoms with Gasteiger partial charge in [-0.25, -0.2) is 4.79 Å². The average Bonchev–Trinajstić information content (AvgIpc) is 2.07. The first-order chi connectivity index (χ1) is 5.95. The third-order valence-electron chi connectivity index (χ3n) is 1.79. The zero-order valence-electron chi connectivity index (χ0n) is 6.84. The number of halogens is 1. The molecule has 0 aliphatic carbocycles. The van der Waals surface area contributed by atoms with Gasteiger partial charge in [0.15, 0.2) is 5.75 Å². The first kappa shape index (κ1) is 9.85. The molecule has 5 heteroatoms. The summed E-state index contributed by atoms with van der Waals surface area (Å²) in [5.41, 5.74) is 6.02. The zero-order chi connectivity index (χ0) is 10.2. The van der Waals surface area contributed by atoms with Crippen molar-refractivity contribution in [2.24, 2.45) is 0 Å². The maximum atomic E-state index is 10.7. The van der Waals surface area contributed by atoms with Gasteiger partial charge in [0.2, 0.25) is 0 Å². The SMILES string of the molecule is Cc1c(C(=O)O)cc(Br)c(O)c1N. The second-order valence-electron chi connectivity index (χ2n) is 2.60. The van der Waals surface area contributed by atoms with Crippen LogP contribution in [0.25, 0.3) is 0 Å². The van der Waals surface area contributed by atoms with E-state index in [1.807, 2.05) is 0 Å². The first-order valence-electron chi connectivity index (χ1n) is 3.46. The number of aromatic carboxylic acids is 1. The largest absolute Gasteiger partial charge is 0.505 e. The number of hydrogen-bond donors (Lipinski definition) is 3. The summed E-state index contributed by atoms with van der Waals surface area (Å²) >= 11 is 3.01. The monoisotopic (exact) mass is 245 g/mol. The lowest BCUT2D eigenvalue weighted by molar-refractivity contribution is 0.0696. The Morgan fingerprint density at radius 2 is 2.15 bits per heavy atom. The molecule has 0 bridgehead atoms. The molecule has 4 N–H and O–H groups in total. The number of carboxylic acid groups (broad SMARTS) is 1. The first-order valence-corrected chi connectivity index (χ1v) is 4.25. The minimum Gasteiger partial charge on any atom is -0.505 e. The Bertz CT molecular complexity index is 376. The van der Waals surface area contributed by atoms with Crippen molar-refractivity contribution < 1.29 is 15.0 Å². The molecule has 1 rings (SSSR count). The molecule has 0 fully saturated rings. The molecule has 0 radical (unpaired) electrons. The number of benzene rings is 1. The van der Waals surface area contributed by atoms with Gasteiger partial charge in [-0.15, -0.1) is 0 Å². The maximum absolute atomic E-state index is 10.7. The Kier molecular flexibility index (Phi) is 2.47. The van der Waals surface area contributed by atoms with Crippen molar-refractivity contribution in [3.8, 4) is 5.75 Å². The van der Waals surface area contributed by atoms with E-state index in [9.17, 15) is 9.90 Å². The molecule has 0 aromatic heterocycles. The summed E-state index contributed by atoms with van der Waals surface area (Å²) in [5.74, 6) is -1.19. The molecular weight excluding hydrogens is 238 g/mol. The van der Waals surface area contributed by atoms with Crippen molar-refractivity contribution in [3.05, 3.63) is 21.7 Å². The molecule has 13 heavy (non-hydrogen) atoms. The van der Waals surface area contributed by atoms with Gasteiger partial charge in [0.1, 0.15) is 0 Å². The Morgan fingerprint density at radius 3 is 2.62 bits per heavy atom. The van der Waals surface area contributed by atoms with E-state index in [0.29, 0.717) is 5.56 Å². The van der Waals surface area contributed by atoms with Gasteiger partial charge in [-0.2, -0.15) is 0 Å². The quantitative estimate of drug-likeness (QED) is 0.520. The van der Waals surface area contributed by atoms with Gasteiger partial charge in [-0.3, -0.25) is 0 Å². The molecule has 1 aromatic carbocycles. The number of carboxylic acids is 1. The average molecular weight is 246 g/mol. The number of nitrogens with two attached hydrogens (primary N) is 1. The lowest BCUT2D eigenvalue weighted by atomic mass is 10.1. The minimum absolute atomic E-state index is 0.0853. The predicted molar refractivity (Wildman–Crippen MR) is 51.9 cm³/mol. The molecule has 0 atom stereocenters. The number of carbonyl (C=O) groups is 1. The molecule has 70 valence electrons. The van der Waals surface area contributed by atoms with Crippen LogP contribution >= 0.6 is 15.9 Å². The maximum Gasteiger partial charge on any atom is 0.336 e. The van der Waals surface area contributed by atoms with Crippen LogP contribution in [-0.2, 0) is 0 Å². The van der Waals surface area contributed by atoms with Crippen LogP contribution in [0.1, 0.15) is 15.9 Å². The highest BCUT2D eigenvalue weighted by molar-refractivity contribution is 9.10. The van der Waals surface area contributed by atoms with Gasteiger partial charge in [0.25, 0.3) is 0 Å². The van der Waals surface area contributed by atoms with E-state index in [4.69, 9.17) is 10.8 Å². The van der Waals surface area contributed by atoms with Crippen molar-refractivity contribution in [2.75, 3.05) is 5.73 Å². The highest BCUT2D eigenvalue weighted by Gasteiger charge is 2.15. The third-order valence-corrected chi connectivity index (χ3v) is 2.40. The van der Waals surface area contributed by atoms with Crippen molar-refractivity contribution in [1.82, 2.24) is 0 Å². The fraction of sp³-hybridized carbons (Fsp3) is 0.125. The van der Waals surface area contributed by atoms with Crippen LogP contribution in [0.3, 0.4) is 0 Å². The third kappa shape index (κ3) is 1.60. The summed E-state index contributed by atoms with van der Waals surface area (Å²) in [4.78, 5) is 10.7. The van der Waals surface area contributed by atoms with Crippen LogP contribution in [0.5, 0.6) is 5.75 Å². The fourth-order valence-electron chi connectivity index (χ4n) is 0.977. The summed E-state index contributed by atoms with van der Waals surface area (Å²) in [6.07, 6.45) is 0. The standard InChI is InChI=1S/C8H8BrNO3/c1-3-4(8(12)13)2-5(9)7(11)6(3)10/h2,11H,10H2,1H3,(H,12,13). The molecule has 4 nitrogen and oxygen atoms in total. The Hall–Kier alpha value is -1.23. The summed E-state index contributed by atoms with van der Waals surface area (Å²) in [6, 6.07) is 1.32. The van der Waals surface area contributed by atoms with E-state index in [0.717, 1.165) is 0 Å². The van der Waals surface area contributed by atoms with E-state index < -0.39 is 5.97 Å². The molecule has 1 aromatic rings. The normalized spacial score (nSPS) is 10.0. The second-order valence-corrected chi connectivity index (χ2v) is 3.45. The molecule has 0 saturated heterocycles. The van der Waals surface area contributed by atoms with Gasteiger partial charge >= 0.3 is 5.97 Å². The number of aromatic hydroxyl groups is 1. The number of rotatable bonds is 1. The summed E-state index contributed by atoms with van der Waals surface area (Å²) < 4.78 is 0.285. The number of phenols is 1. The van der Waals surface area contributed by atoms with Gasteiger partial charge in [-0.1, -0.05) is 0 Å². The van der Waals surface area contributed by atoms with Crippen LogP contribution in [0.2, 0.25) is 0 Å². The molecule has 0 unspecified atom stereocenters. The van der Waals surface area contributed by atoms with Gasteiger partial charge < -0.3 is 15.9 Å². The van der Waals surface area contributed by atoms with Crippen LogP contribution < -0.4 is 5.73 Å². The zero-order valence-corrected chi connectivity index (χ0v) is 8.42. The molecule has 0 spiro atoms. The number of hydrogen-bond acceptors (Lipinski definition) is 3. The molecular formula is C8H8BrNO3. The Morgan fingerprint density at radius 1 is 1.62 bits per heavy atom. The smallest absolute Gasteiger partial charge is 0.336 e. The van der Waals surface area contributed by atoms with Gasteiger partial charge in [-0.05, 0) is 34.5 Å². The summed E-state index contributed by atoms with van der Waals surface area (Å²) in [7, 11) is 0. The number of anilines is 1. The minimum atomic E-state index is -1.06. The van der Waals surface area contributed by atoms with Crippen LogP contribution in [0.15, 0.2) is 10.5 Å². The number of phenolic OH excluding ortho intramolecular Hbond substituents is 1. The van der Waals surface area contributed by atoms with Crippen molar-refractivity contribution in [1.29, 1.82) is 0 Å². The Labute approximate surface area is 83.1 Å². The highest BCUT2D eigenvalue weighted by Crippen LogP contribution is 2.34. The Balaban J connectivity index is 3.50. The van der Waals surface area contributed by atoms with E-state index in [-0.39, 0.29) is 21.5 Å². The molecule has 0 amide bonds. The fourth-order valence-corrected chi connectivity index (χ4v) is 1.42. The number of nitrogen functional groups attached to an aromatic ring is 1. The van der Waals surface area contributed by atoms with Crippen molar-refractivity contribution in [3.63, 3.8) is 0 Å². The molecule has 0 aliphatic heterocycles. The van der Waals surface area contributed by atoms with Gasteiger partial charge in [0, 0.05) is 0 Å². The summed E-state index contributed by atoms with van der Waals surface area (Å²) in [6.45, 7) is 1.55. The second kappa shape index (κ2) is 3.26. The van der Waals surface area contributed by atoms with Gasteiger partial charge in [0.05, 0.1) is 15.7 Å². The van der Waals surface area contributed by atoms with E-state index in [1.165, 1.54) is 6.07 Å². The van der Waals surface area contributed by atoms with Crippen LogP contribution in [0, 0.1) is 6.92 Å². The predicted octanol–water partition coefficient (Wildman–Crippen LogP) is 1.74. The van der Waals surface area contributed by atoms with Crippen LogP contribution in [0.4, 0.5) is 5.69 Å². The highest BCUT2D eigenvalue weighted by atomic mass is 79.9. The van der Waals surface area contributed by atoms with E-state index >= 15 is 0 Å². The molecule has 0 saturated carbocycles.